The first-order chi connectivity index (χ1) is 13.3. The molecule has 3 rings (SSSR count). The monoisotopic (exact) mass is 493 g/mol. The molecule has 0 radical (unpaired) electrons. The number of piperidine rings is 1. The summed E-state index contributed by atoms with van der Waals surface area (Å²) >= 11 is 0. The average molecular weight is 493 g/mol. The van der Waals surface area contributed by atoms with E-state index < -0.39 is 0 Å². The number of aromatic nitrogens is 1. The summed E-state index contributed by atoms with van der Waals surface area (Å²) in [5, 5.41) is 6.64. The Labute approximate surface area is 186 Å². The van der Waals surface area contributed by atoms with Crippen LogP contribution in [-0.2, 0) is 19.6 Å². The summed E-state index contributed by atoms with van der Waals surface area (Å²) in [5.74, 6) is 0.820. The number of hydrogen-bond donors (Lipinski definition) is 2. The second-order valence-corrected chi connectivity index (χ2v) is 7.02. The van der Waals surface area contributed by atoms with Crippen molar-refractivity contribution in [3.63, 3.8) is 0 Å². The number of nitrogens with one attached hydrogen (secondary N) is 2. The predicted octanol–water partition coefficient (Wildman–Crippen LogP) is 3.94. The summed E-state index contributed by atoms with van der Waals surface area (Å²) in [5.41, 5.74) is 3.63. The van der Waals surface area contributed by atoms with Crippen molar-refractivity contribution in [2.45, 2.75) is 45.8 Å². The van der Waals surface area contributed by atoms with E-state index in [1.54, 1.807) is 0 Å². The smallest absolute Gasteiger partial charge is 0.191 e. The van der Waals surface area contributed by atoms with Crippen molar-refractivity contribution in [2.75, 3.05) is 19.6 Å². The molecule has 0 atom stereocenters. The lowest BCUT2D eigenvalue weighted by Gasteiger charge is -2.26. The first-order valence-corrected chi connectivity index (χ1v) is 10.1. The molecule has 0 unspecified atom stereocenters. The van der Waals surface area contributed by atoms with Gasteiger partial charge in [0.15, 0.2) is 5.96 Å². The standard InChI is InChI=1S/C22H31N5.HI/c1-2-23-22(26-17-21-8-4-5-13-24-21)25-16-19-9-11-20(12-10-19)18-27-14-6-3-7-15-27;/h4-5,8-13H,2-3,6-7,14-18H2,1H3,(H2,23,25,26);1H. The predicted molar refractivity (Wildman–Crippen MR) is 127 cm³/mol. The summed E-state index contributed by atoms with van der Waals surface area (Å²) in [4.78, 5) is 11.6. The summed E-state index contributed by atoms with van der Waals surface area (Å²) in [6.45, 7) is 7.79. The number of benzene rings is 1. The lowest BCUT2D eigenvalue weighted by molar-refractivity contribution is 0.221. The van der Waals surface area contributed by atoms with Crippen LogP contribution in [0.3, 0.4) is 0 Å². The Kier molecular flexibility index (Phi) is 10.3. The minimum Gasteiger partial charge on any atom is -0.357 e. The molecule has 1 aromatic heterocycles. The number of aliphatic imine (C=N–C) groups is 1. The van der Waals surface area contributed by atoms with Crippen LogP contribution in [0, 0.1) is 0 Å². The van der Waals surface area contributed by atoms with E-state index in [1.165, 1.54) is 43.5 Å². The van der Waals surface area contributed by atoms with Gasteiger partial charge in [-0.2, -0.15) is 0 Å². The Morgan fingerprint density at radius 1 is 1.00 bits per heavy atom. The molecule has 6 heteroatoms. The number of hydrogen-bond acceptors (Lipinski definition) is 3. The van der Waals surface area contributed by atoms with Crippen LogP contribution in [0.15, 0.2) is 53.7 Å². The van der Waals surface area contributed by atoms with Crippen LogP contribution in [0.2, 0.25) is 0 Å². The first-order valence-electron chi connectivity index (χ1n) is 10.1. The van der Waals surface area contributed by atoms with Gasteiger partial charge in [0.1, 0.15) is 0 Å². The molecule has 0 amide bonds. The van der Waals surface area contributed by atoms with E-state index in [2.05, 4.69) is 51.7 Å². The van der Waals surface area contributed by atoms with E-state index in [1.807, 2.05) is 24.4 Å². The molecule has 1 aromatic carbocycles. The van der Waals surface area contributed by atoms with E-state index in [-0.39, 0.29) is 24.0 Å². The maximum Gasteiger partial charge on any atom is 0.191 e. The second-order valence-electron chi connectivity index (χ2n) is 7.02. The zero-order valence-electron chi connectivity index (χ0n) is 16.7. The molecule has 1 fully saturated rings. The van der Waals surface area contributed by atoms with Crippen molar-refractivity contribution in [2.24, 2.45) is 4.99 Å². The van der Waals surface area contributed by atoms with Crippen molar-refractivity contribution < 1.29 is 0 Å². The summed E-state index contributed by atoms with van der Waals surface area (Å²) in [6, 6.07) is 14.8. The largest absolute Gasteiger partial charge is 0.357 e. The second kappa shape index (κ2) is 12.7. The van der Waals surface area contributed by atoms with E-state index in [4.69, 9.17) is 4.99 Å². The Morgan fingerprint density at radius 3 is 2.43 bits per heavy atom. The molecule has 28 heavy (non-hydrogen) atoms. The van der Waals surface area contributed by atoms with Gasteiger partial charge in [-0.1, -0.05) is 36.8 Å². The molecular weight excluding hydrogens is 461 g/mol. The number of pyridine rings is 1. The Bertz CT molecular complexity index is 697. The quantitative estimate of drug-likeness (QED) is 0.349. The molecule has 152 valence electrons. The number of likely N-dealkylation sites (tertiary alicyclic amines) is 1. The first kappa shape index (κ1) is 22.6. The van der Waals surface area contributed by atoms with Crippen molar-refractivity contribution in [3.05, 3.63) is 65.5 Å². The highest BCUT2D eigenvalue weighted by Gasteiger charge is 2.10. The van der Waals surface area contributed by atoms with E-state index in [0.29, 0.717) is 13.1 Å². The van der Waals surface area contributed by atoms with Crippen LogP contribution in [0.4, 0.5) is 0 Å². The van der Waals surface area contributed by atoms with E-state index in [0.717, 1.165) is 24.7 Å². The van der Waals surface area contributed by atoms with Gasteiger partial charge >= 0.3 is 0 Å². The highest BCUT2D eigenvalue weighted by atomic mass is 127. The number of nitrogens with zero attached hydrogens (tertiary/aromatic N) is 3. The molecule has 1 aliphatic heterocycles. The third kappa shape index (κ3) is 7.75. The molecular formula is C22H32IN5. The molecule has 1 saturated heterocycles. The molecule has 1 aliphatic rings. The Balaban J connectivity index is 0.00000280. The SMILES string of the molecule is CCNC(=NCc1ccc(CN2CCCCC2)cc1)NCc1ccccn1.I. The van der Waals surface area contributed by atoms with Gasteiger partial charge < -0.3 is 10.6 Å². The number of rotatable bonds is 7. The lowest BCUT2D eigenvalue weighted by Crippen LogP contribution is -2.37. The minimum atomic E-state index is 0. The van der Waals surface area contributed by atoms with Gasteiger partial charge in [0.2, 0.25) is 0 Å². The van der Waals surface area contributed by atoms with Crippen molar-refractivity contribution in [3.8, 4) is 0 Å². The number of halogens is 1. The third-order valence-electron chi connectivity index (χ3n) is 4.80. The minimum absolute atomic E-state index is 0. The van der Waals surface area contributed by atoms with Gasteiger partial charge in [-0.25, -0.2) is 4.99 Å². The summed E-state index contributed by atoms with van der Waals surface area (Å²) in [7, 11) is 0. The van der Waals surface area contributed by atoms with Crippen LogP contribution in [0.1, 0.15) is 43.0 Å². The van der Waals surface area contributed by atoms with E-state index >= 15 is 0 Å². The fourth-order valence-corrected chi connectivity index (χ4v) is 3.31. The fraction of sp³-hybridized carbons (Fsp3) is 0.455. The van der Waals surface area contributed by atoms with Crippen molar-refractivity contribution >= 4 is 29.9 Å². The molecule has 2 heterocycles. The van der Waals surface area contributed by atoms with Crippen LogP contribution in [0.5, 0.6) is 0 Å². The average Bonchev–Trinajstić information content (AvgIpc) is 2.73. The van der Waals surface area contributed by atoms with Gasteiger partial charge in [0, 0.05) is 19.3 Å². The fourth-order valence-electron chi connectivity index (χ4n) is 3.31. The number of guanidine groups is 1. The van der Waals surface area contributed by atoms with Gasteiger partial charge in [0.25, 0.3) is 0 Å². The zero-order chi connectivity index (χ0) is 18.7. The molecule has 2 N–H and O–H groups in total. The lowest BCUT2D eigenvalue weighted by atomic mass is 10.1. The van der Waals surface area contributed by atoms with Gasteiger partial charge in [0.05, 0.1) is 18.8 Å². The summed E-state index contributed by atoms with van der Waals surface area (Å²) < 4.78 is 0. The van der Waals surface area contributed by atoms with Gasteiger partial charge in [-0.05, 0) is 56.1 Å². The molecule has 2 aromatic rings. The van der Waals surface area contributed by atoms with Crippen LogP contribution >= 0.6 is 24.0 Å². The molecule has 5 nitrogen and oxygen atoms in total. The van der Waals surface area contributed by atoms with Gasteiger partial charge in [-0.3, -0.25) is 9.88 Å². The van der Waals surface area contributed by atoms with Gasteiger partial charge in [-0.15, -0.1) is 24.0 Å². The topological polar surface area (TPSA) is 52.6 Å². The summed E-state index contributed by atoms with van der Waals surface area (Å²) in [6.07, 6.45) is 5.87. The molecule has 0 spiro atoms. The maximum atomic E-state index is 4.70. The van der Waals surface area contributed by atoms with E-state index in [9.17, 15) is 0 Å². The molecule has 0 saturated carbocycles. The van der Waals surface area contributed by atoms with Crippen molar-refractivity contribution in [1.29, 1.82) is 0 Å². The maximum absolute atomic E-state index is 4.70. The Hall–Kier alpha value is -1.67. The Morgan fingerprint density at radius 2 is 1.75 bits per heavy atom. The molecule has 0 bridgehead atoms. The highest BCUT2D eigenvalue weighted by Crippen LogP contribution is 2.14. The molecule has 0 aliphatic carbocycles. The third-order valence-corrected chi connectivity index (χ3v) is 4.80. The normalized spacial score (nSPS) is 15.0. The highest BCUT2D eigenvalue weighted by molar-refractivity contribution is 14.0. The van der Waals surface area contributed by atoms with Crippen LogP contribution < -0.4 is 10.6 Å². The zero-order valence-corrected chi connectivity index (χ0v) is 19.1. The van der Waals surface area contributed by atoms with Crippen LogP contribution in [-0.4, -0.2) is 35.5 Å². The van der Waals surface area contributed by atoms with Crippen molar-refractivity contribution in [1.82, 2.24) is 20.5 Å². The van der Waals surface area contributed by atoms with Crippen LogP contribution in [0.25, 0.3) is 0 Å².